The minimum atomic E-state index is -0.549. The highest BCUT2D eigenvalue weighted by molar-refractivity contribution is 6.21. The molecule has 34 heavy (non-hydrogen) atoms. The summed E-state index contributed by atoms with van der Waals surface area (Å²) in [6.07, 6.45) is 2.48. The molecule has 1 saturated heterocycles. The molecule has 3 rings (SSSR count). The van der Waals surface area contributed by atoms with Crippen LogP contribution in [0, 0.1) is 11.3 Å². The molecule has 1 aliphatic rings. The van der Waals surface area contributed by atoms with E-state index in [0.717, 1.165) is 26.1 Å². The summed E-state index contributed by atoms with van der Waals surface area (Å²) in [6.45, 7) is 4.97. The van der Waals surface area contributed by atoms with Crippen molar-refractivity contribution in [1.82, 2.24) is 9.80 Å². The van der Waals surface area contributed by atoms with Crippen LogP contribution in [0.5, 0.6) is 0 Å². The van der Waals surface area contributed by atoms with E-state index in [1.807, 2.05) is 24.3 Å². The Morgan fingerprint density at radius 1 is 1.03 bits per heavy atom. The van der Waals surface area contributed by atoms with E-state index in [4.69, 9.17) is 10.00 Å². The highest BCUT2D eigenvalue weighted by Crippen LogP contribution is 2.16. The second-order valence-electron chi connectivity index (χ2n) is 8.19. The number of hydrogen-bond acceptors (Lipinski definition) is 6. The third kappa shape index (κ3) is 7.12. The number of ketones is 1. The van der Waals surface area contributed by atoms with E-state index in [0.29, 0.717) is 24.2 Å². The van der Waals surface area contributed by atoms with Gasteiger partial charge in [-0.15, -0.1) is 0 Å². The van der Waals surface area contributed by atoms with Crippen LogP contribution >= 0.6 is 0 Å². The Bertz CT molecular complexity index is 1090. The zero-order valence-electron chi connectivity index (χ0n) is 19.4. The molecule has 0 aliphatic carbocycles. The Hall–Kier alpha value is -3.76. The summed E-state index contributed by atoms with van der Waals surface area (Å²) in [4.78, 5) is 41.8. The van der Waals surface area contributed by atoms with Gasteiger partial charge in [0.25, 0.3) is 5.91 Å². The molecule has 0 atom stereocenters. The highest BCUT2D eigenvalue weighted by atomic mass is 16.5. The lowest BCUT2D eigenvalue weighted by Crippen LogP contribution is -2.37. The van der Waals surface area contributed by atoms with Crippen LogP contribution in [0.25, 0.3) is 6.08 Å². The van der Waals surface area contributed by atoms with Crippen molar-refractivity contribution in [2.75, 3.05) is 32.8 Å². The Morgan fingerprint density at radius 3 is 2.56 bits per heavy atom. The number of Topliss-reactive ketones (excluding diaryl/α,β-unsaturated/α-hetero) is 1. The average molecular weight is 460 g/mol. The molecule has 0 N–H and O–H groups in total. The lowest BCUT2D eigenvalue weighted by molar-refractivity contribution is -0.129. The third-order valence-corrected chi connectivity index (χ3v) is 5.61. The molecule has 1 aliphatic heterocycles. The first-order valence-corrected chi connectivity index (χ1v) is 11.4. The van der Waals surface area contributed by atoms with Crippen molar-refractivity contribution in [3.05, 3.63) is 76.9 Å². The molecule has 0 bridgehead atoms. The zero-order chi connectivity index (χ0) is 24.3. The fraction of sp³-hybridized carbons (Fsp3) is 0.333. The SMILES string of the molecule is CC(=O)C(=Cc1cccc(C(=O)OCCC#N)c1)C(=O)N1CCCN(Cc2ccccc2)CC1. The van der Waals surface area contributed by atoms with E-state index in [2.05, 4.69) is 17.0 Å². The summed E-state index contributed by atoms with van der Waals surface area (Å²) in [7, 11) is 0. The Kier molecular flexibility index (Phi) is 9.12. The van der Waals surface area contributed by atoms with Crippen LogP contribution in [-0.4, -0.2) is 60.2 Å². The maximum absolute atomic E-state index is 13.3. The number of esters is 1. The summed E-state index contributed by atoms with van der Waals surface area (Å²) in [5.41, 5.74) is 2.19. The van der Waals surface area contributed by atoms with Crippen molar-refractivity contribution < 1.29 is 19.1 Å². The van der Waals surface area contributed by atoms with Crippen LogP contribution in [-0.2, 0) is 20.9 Å². The molecule has 1 amide bonds. The molecule has 2 aromatic rings. The maximum atomic E-state index is 13.3. The number of nitriles is 1. The molecule has 0 aromatic heterocycles. The monoisotopic (exact) mass is 459 g/mol. The van der Waals surface area contributed by atoms with Crippen molar-refractivity contribution in [2.24, 2.45) is 0 Å². The number of carbonyl (C=O) groups excluding carboxylic acids is 3. The van der Waals surface area contributed by atoms with Gasteiger partial charge in [-0.2, -0.15) is 5.26 Å². The molecule has 7 nitrogen and oxygen atoms in total. The predicted octanol–water partition coefficient (Wildman–Crippen LogP) is 3.46. The van der Waals surface area contributed by atoms with E-state index in [-0.39, 0.29) is 30.3 Å². The highest BCUT2D eigenvalue weighted by Gasteiger charge is 2.24. The molecular weight excluding hydrogens is 430 g/mol. The van der Waals surface area contributed by atoms with E-state index in [1.165, 1.54) is 18.6 Å². The van der Waals surface area contributed by atoms with E-state index < -0.39 is 5.97 Å². The molecule has 2 aromatic carbocycles. The van der Waals surface area contributed by atoms with Crippen LogP contribution < -0.4 is 0 Å². The molecule has 7 heteroatoms. The minimum Gasteiger partial charge on any atom is -0.461 e. The number of rotatable bonds is 8. The smallest absolute Gasteiger partial charge is 0.338 e. The van der Waals surface area contributed by atoms with Gasteiger partial charge >= 0.3 is 5.97 Å². The summed E-state index contributed by atoms with van der Waals surface area (Å²) in [5, 5.41) is 8.58. The van der Waals surface area contributed by atoms with Gasteiger partial charge in [0.05, 0.1) is 23.6 Å². The summed E-state index contributed by atoms with van der Waals surface area (Å²) in [5.74, 6) is -1.17. The van der Waals surface area contributed by atoms with Gasteiger partial charge < -0.3 is 9.64 Å². The van der Waals surface area contributed by atoms with Crippen molar-refractivity contribution in [3.8, 4) is 6.07 Å². The summed E-state index contributed by atoms with van der Waals surface area (Å²) >= 11 is 0. The molecule has 1 fully saturated rings. The van der Waals surface area contributed by atoms with Crippen LogP contribution in [0.3, 0.4) is 0 Å². The topological polar surface area (TPSA) is 90.7 Å². The predicted molar refractivity (Wildman–Crippen MR) is 129 cm³/mol. The second-order valence-corrected chi connectivity index (χ2v) is 8.19. The number of ether oxygens (including phenoxy) is 1. The zero-order valence-corrected chi connectivity index (χ0v) is 19.4. The first-order chi connectivity index (χ1) is 16.5. The van der Waals surface area contributed by atoms with Crippen molar-refractivity contribution >= 4 is 23.7 Å². The van der Waals surface area contributed by atoms with Crippen molar-refractivity contribution in [2.45, 2.75) is 26.3 Å². The fourth-order valence-corrected chi connectivity index (χ4v) is 3.85. The van der Waals surface area contributed by atoms with E-state index in [1.54, 1.807) is 29.2 Å². The average Bonchev–Trinajstić information content (AvgIpc) is 3.08. The Morgan fingerprint density at radius 2 is 1.82 bits per heavy atom. The van der Waals surface area contributed by atoms with Crippen LogP contribution in [0.1, 0.15) is 41.3 Å². The normalized spacial score (nSPS) is 14.7. The van der Waals surface area contributed by atoms with Crippen LogP contribution in [0.15, 0.2) is 60.2 Å². The quantitative estimate of drug-likeness (QED) is 0.197. The van der Waals surface area contributed by atoms with E-state index in [9.17, 15) is 14.4 Å². The van der Waals surface area contributed by atoms with Gasteiger partial charge in [0, 0.05) is 32.7 Å². The van der Waals surface area contributed by atoms with Crippen LogP contribution in [0.2, 0.25) is 0 Å². The Labute approximate surface area is 200 Å². The maximum Gasteiger partial charge on any atom is 0.338 e. The molecular formula is C27H29N3O4. The lowest BCUT2D eigenvalue weighted by atomic mass is 10.0. The van der Waals surface area contributed by atoms with Gasteiger partial charge in [-0.3, -0.25) is 14.5 Å². The minimum absolute atomic E-state index is 0.0167. The third-order valence-electron chi connectivity index (χ3n) is 5.61. The molecule has 0 spiro atoms. The summed E-state index contributed by atoms with van der Waals surface area (Å²) < 4.78 is 5.06. The van der Waals surface area contributed by atoms with E-state index >= 15 is 0 Å². The van der Waals surface area contributed by atoms with Gasteiger partial charge in [-0.25, -0.2) is 4.79 Å². The largest absolute Gasteiger partial charge is 0.461 e. The molecule has 0 saturated carbocycles. The number of benzene rings is 2. The van der Waals surface area contributed by atoms with Gasteiger partial charge in [-0.1, -0.05) is 42.5 Å². The first-order valence-electron chi connectivity index (χ1n) is 11.4. The molecule has 0 unspecified atom stereocenters. The molecule has 0 radical (unpaired) electrons. The van der Waals surface area contributed by atoms with Gasteiger partial charge in [0.2, 0.25) is 0 Å². The van der Waals surface area contributed by atoms with Crippen molar-refractivity contribution in [3.63, 3.8) is 0 Å². The molecule has 176 valence electrons. The fourth-order valence-electron chi connectivity index (χ4n) is 3.85. The van der Waals surface area contributed by atoms with Gasteiger partial charge in [-0.05, 0) is 42.7 Å². The first kappa shape index (κ1) is 24.9. The standard InChI is InChI=1S/C27H29N3O4/c1-21(31)25(19-23-10-5-11-24(18-23)27(33)34-17-6-12-28)26(32)30-14-7-13-29(15-16-30)20-22-8-3-2-4-9-22/h2-5,8-11,18-19H,6-7,13-17,20H2,1H3. The number of nitrogens with zero attached hydrogens (tertiary/aromatic N) is 3. The number of amides is 1. The van der Waals surface area contributed by atoms with Gasteiger partial charge in [0.1, 0.15) is 6.61 Å². The molecule has 1 heterocycles. The van der Waals surface area contributed by atoms with Crippen LogP contribution in [0.4, 0.5) is 0 Å². The number of hydrogen-bond donors (Lipinski definition) is 0. The lowest BCUT2D eigenvalue weighted by Gasteiger charge is -2.22. The second kappa shape index (κ2) is 12.5. The number of carbonyl (C=O) groups is 3. The summed E-state index contributed by atoms with van der Waals surface area (Å²) in [6, 6.07) is 18.7. The Balaban J connectivity index is 1.69. The van der Waals surface area contributed by atoms with Crippen molar-refractivity contribution in [1.29, 1.82) is 5.26 Å². The van der Waals surface area contributed by atoms with Gasteiger partial charge in [0.15, 0.2) is 5.78 Å².